The normalized spacial score (nSPS) is 12.8. The Hall–Kier alpha value is -3.02. The zero-order valence-electron chi connectivity index (χ0n) is 13.5. The van der Waals surface area contributed by atoms with Crippen molar-refractivity contribution < 1.29 is 19.1 Å². The van der Waals surface area contributed by atoms with Crippen LogP contribution in [0.4, 0.5) is 11.4 Å². The Morgan fingerprint density at radius 3 is 2.75 bits per heavy atom. The van der Waals surface area contributed by atoms with Crippen LogP contribution in [0.1, 0.15) is 17.3 Å². The number of rotatable bonds is 3. The first-order chi connectivity index (χ1) is 11.6. The molecule has 124 valence electrons. The lowest BCUT2D eigenvalue weighted by Gasteiger charge is -2.29. The molecule has 2 aromatic rings. The number of carbonyl (C=O) groups excluding carboxylic acids is 2. The van der Waals surface area contributed by atoms with Gasteiger partial charge < -0.3 is 19.7 Å². The number of para-hydroxylation sites is 1. The molecule has 0 spiro atoms. The van der Waals surface area contributed by atoms with E-state index in [2.05, 4.69) is 5.32 Å². The van der Waals surface area contributed by atoms with E-state index in [1.165, 1.54) is 14.0 Å². The van der Waals surface area contributed by atoms with Crippen LogP contribution in [0.25, 0.3) is 0 Å². The van der Waals surface area contributed by atoms with Crippen molar-refractivity contribution in [1.82, 2.24) is 0 Å². The van der Waals surface area contributed by atoms with Crippen LogP contribution in [0.5, 0.6) is 11.5 Å². The first kappa shape index (κ1) is 15.9. The summed E-state index contributed by atoms with van der Waals surface area (Å²) in [5.74, 6) is 0.791. The van der Waals surface area contributed by atoms with E-state index < -0.39 is 0 Å². The van der Waals surface area contributed by atoms with Crippen molar-refractivity contribution >= 4 is 23.2 Å². The number of anilines is 2. The average Bonchev–Trinajstić information content (AvgIpc) is 2.60. The highest BCUT2D eigenvalue weighted by Gasteiger charge is 2.22. The summed E-state index contributed by atoms with van der Waals surface area (Å²) in [5, 5.41) is 2.83. The van der Waals surface area contributed by atoms with Crippen molar-refractivity contribution in [3.05, 3.63) is 48.0 Å². The summed E-state index contributed by atoms with van der Waals surface area (Å²) in [7, 11) is 1.52. The maximum absolute atomic E-state index is 12.5. The number of hydrogen-bond acceptors (Lipinski definition) is 4. The molecule has 0 atom stereocenters. The van der Waals surface area contributed by atoms with Crippen molar-refractivity contribution in [1.29, 1.82) is 0 Å². The number of ether oxygens (including phenoxy) is 2. The van der Waals surface area contributed by atoms with Gasteiger partial charge in [-0.3, -0.25) is 9.59 Å². The molecule has 1 aliphatic heterocycles. The Labute approximate surface area is 140 Å². The van der Waals surface area contributed by atoms with E-state index in [1.54, 1.807) is 47.4 Å². The number of nitrogens with one attached hydrogen (secondary N) is 1. The lowest BCUT2D eigenvalue weighted by Crippen LogP contribution is -2.36. The summed E-state index contributed by atoms with van der Waals surface area (Å²) in [4.78, 5) is 25.9. The lowest BCUT2D eigenvalue weighted by molar-refractivity contribution is -0.116. The number of methoxy groups -OCH3 is 1. The van der Waals surface area contributed by atoms with Crippen LogP contribution in [0.2, 0.25) is 0 Å². The topological polar surface area (TPSA) is 67.9 Å². The Morgan fingerprint density at radius 1 is 1.21 bits per heavy atom. The summed E-state index contributed by atoms with van der Waals surface area (Å²) in [5.41, 5.74) is 1.69. The van der Waals surface area contributed by atoms with Crippen LogP contribution in [0.3, 0.4) is 0 Å². The molecule has 0 bridgehead atoms. The van der Waals surface area contributed by atoms with E-state index in [9.17, 15) is 9.59 Å². The van der Waals surface area contributed by atoms with E-state index in [4.69, 9.17) is 9.47 Å². The molecule has 1 heterocycles. The van der Waals surface area contributed by atoms with Gasteiger partial charge in [-0.25, -0.2) is 0 Å². The second kappa shape index (κ2) is 6.62. The fourth-order valence-corrected chi connectivity index (χ4v) is 2.65. The van der Waals surface area contributed by atoms with Crippen molar-refractivity contribution in [2.45, 2.75) is 6.92 Å². The van der Waals surface area contributed by atoms with Gasteiger partial charge in [-0.1, -0.05) is 12.1 Å². The van der Waals surface area contributed by atoms with Gasteiger partial charge in [0.1, 0.15) is 18.1 Å². The van der Waals surface area contributed by atoms with E-state index >= 15 is 0 Å². The van der Waals surface area contributed by atoms with Gasteiger partial charge in [0.25, 0.3) is 5.91 Å². The molecule has 0 saturated heterocycles. The number of amides is 2. The number of hydrogen-bond donors (Lipinski definition) is 1. The van der Waals surface area contributed by atoms with Crippen LogP contribution in [0, 0.1) is 0 Å². The highest BCUT2D eigenvalue weighted by atomic mass is 16.5. The minimum Gasteiger partial charge on any atom is -0.496 e. The summed E-state index contributed by atoms with van der Waals surface area (Å²) >= 11 is 0. The highest BCUT2D eigenvalue weighted by molar-refractivity contribution is 6.06. The van der Waals surface area contributed by atoms with E-state index in [-0.39, 0.29) is 11.8 Å². The molecule has 0 saturated carbocycles. The van der Waals surface area contributed by atoms with Crippen molar-refractivity contribution in [3.8, 4) is 11.5 Å². The van der Waals surface area contributed by atoms with Gasteiger partial charge in [0.2, 0.25) is 5.91 Å². The summed E-state index contributed by atoms with van der Waals surface area (Å²) in [6.45, 7) is 2.46. The predicted octanol–water partition coefficient (Wildman–Crippen LogP) is 2.69. The van der Waals surface area contributed by atoms with Gasteiger partial charge >= 0.3 is 0 Å². The van der Waals surface area contributed by atoms with Crippen LogP contribution < -0.4 is 19.7 Å². The largest absolute Gasteiger partial charge is 0.496 e. The molecular formula is C18H18N2O4. The monoisotopic (exact) mass is 326 g/mol. The maximum atomic E-state index is 12.5. The molecule has 6 nitrogen and oxygen atoms in total. The van der Waals surface area contributed by atoms with Crippen molar-refractivity contribution in [3.63, 3.8) is 0 Å². The van der Waals surface area contributed by atoms with Crippen LogP contribution >= 0.6 is 0 Å². The second-order valence-electron chi connectivity index (χ2n) is 5.36. The third kappa shape index (κ3) is 3.03. The fourth-order valence-electron chi connectivity index (χ4n) is 2.65. The third-order valence-corrected chi connectivity index (χ3v) is 3.81. The predicted molar refractivity (Wildman–Crippen MR) is 90.9 cm³/mol. The van der Waals surface area contributed by atoms with Gasteiger partial charge in [-0.05, 0) is 30.3 Å². The van der Waals surface area contributed by atoms with Crippen molar-refractivity contribution in [2.24, 2.45) is 0 Å². The lowest BCUT2D eigenvalue weighted by atomic mass is 10.1. The molecule has 0 unspecified atom stereocenters. The average molecular weight is 326 g/mol. The van der Waals surface area contributed by atoms with Crippen LogP contribution in [0.15, 0.2) is 42.5 Å². The molecule has 1 aliphatic rings. The third-order valence-electron chi connectivity index (χ3n) is 3.81. The molecule has 1 N–H and O–H groups in total. The van der Waals surface area contributed by atoms with E-state index in [0.29, 0.717) is 41.6 Å². The Kier molecular flexibility index (Phi) is 4.37. The van der Waals surface area contributed by atoms with E-state index in [0.717, 1.165) is 0 Å². The molecular weight excluding hydrogens is 308 g/mol. The highest BCUT2D eigenvalue weighted by Crippen LogP contribution is 2.34. The quantitative estimate of drug-likeness (QED) is 0.941. The SMILES string of the molecule is COc1ccccc1C(=O)Nc1ccc2c(c1)N(C(C)=O)CCO2. The zero-order chi connectivity index (χ0) is 17.1. The first-order valence-corrected chi connectivity index (χ1v) is 7.59. The molecule has 2 amide bonds. The number of fused-ring (bicyclic) bond motifs is 1. The molecule has 0 fully saturated rings. The van der Waals surface area contributed by atoms with Gasteiger partial charge in [0.05, 0.1) is 24.9 Å². The molecule has 3 rings (SSSR count). The number of carbonyl (C=O) groups is 2. The Morgan fingerprint density at radius 2 is 2.00 bits per heavy atom. The Balaban J connectivity index is 1.87. The molecule has 0 aromatic heterocycles. The molecule has 6 heteroatoms. The summed E-state index contributed by atoms with van der Waals surface area (Å²) < 4.78 is 10.8. The van der Waals surface area contributed by atoms with Crippen LogP contribution in [-0.2, 0) is 4.79 Å². The molecule has 0 aliphatic carbocycles. The number of nitrogens with zero attached hydrogens (tertiary/aromatic N) is 1. The van der Waals surface area contributed by atoms with Gasteiger partial charge in [-0.15, -0.1) is 0 Å². The van der Waals surface area contributed by atoms with E-state index in [1.807, 2.05) is 0 Å². The molecule has 2 aromatic carbocycles. The molecule has 0 radical (unpaired) electrons. The van der Waals surface area contributed by atoms with Crippen LogP contribution in [-0.4, -0.2) is 32.1 Å². The fraction of sp³-hybridized carbons (Fsp3) is 0.222. The van der Waals surface area contributed by atoms with Gasteiger partial charge in [-0.2, -0.15) is 0 Å². The van der Waals surface area contributed by atoms with Crippen molar-refractivity contribution in [2.75, 3.05) is 30.5 Å². The smallest absolute Gasteiger partial charge is 0.259 e. The van der Waals surface area contributed by atoms with Gasteiger partial charge in [0, 0.05) is 12.6 Å². The number of benzene rings is 2. The Bertz CT molecular complexity index is 788. The minimum atomic E-state index is -0.279. The second-order valence-corrected chi connectivity index (χ2v) is 5.36. The summed E-state index contributed by atoms with van der Waals surface area (Å²) in [6.07, 6.45) is 0. The zero-order valence-corrected chi connectivity index (χ0v) is 13.5. The van der Waals surface area contributed by atoms with Gasteiger partial charge in [0.15, 0.2) is 0 Å². The first-order valence-electron chi connectivity index (χ1n) is 7.59. The standard InChI is InChI=1S/C18H18N2O4/c1-12(21)20-9-10-24-17-8-7-13(11-15(17)20)19-18(22)14-5-3-4-6-16(14)23-2/h3-8,11H,9-10H2,1-2H3,(H,19,22). The minimum absolute atomic E-state index is 0.0623. The molecule has 24 heavy (non-hydrogen) atoms. The maximum Gasteiger partial charge on any atom is 0.259 e. The summed E-state index contributed by atoms with van der Waals surface area (Å²) in [6, 6.07) is 12.2.